The van der Waals surface area contributed by atoms with Crippen molar-refractivity contribution in [2.45, 2.75) is 37.8 Å². The van der Waals surface area contributed by atoms with Crippen LogP contribution >= 0.6 is 0 Å². The lowest BCUT2D eigenvalue weighted by Crippen LogP contribution is -2.62. The smallest absolute Gasteiger partial charge is 0.134 e. The molecule has 0 aliphatic carbocycles. The van der Waals surface area contributed by atoms with Crippen molar-refractivity contribution >= 4 is 11.0 Å². The molecular formula is C21H30N2O3. The Labute approximate surface area is 155 Å². The molecule has 2 unspecified atom stereocenters. The van der Waals surface area contributed by atoms with Crippen molar-refractivity contribution in [3.05, 3.63) is 36.1 Å². The van der Waals surface area contributed by atoms with Crippen LogP contribution in [0.4, 0.5) is 0 Å². The number of nitrogens with zero attached hydrogens (tertiary/aromatic N) is 1. The van der Waals surface area contributed by atoms with Gasteiger partial charge in [0.25, 0.3) is 0 Å². The topological polar surface area (TPSA) is 46.9 Å². The molecule has 2 saturated heterocycles. The van der Waals surface area contributed by atoms with Crippen LogP contribution in [0.3, 0.4) is 0 Å². The van der Waals surface area contributed by atoms with Gasteiger partial charge in [0, 0.05) is 37.7 Å². The van der Waals surface area contributed by atoms with Crippen molar-refractivity contribution in [1.82, 2.24) is 10.2 Å². The van der Waals surface area contributed by atoms with Crippen LogP contribution in [0, 0.1) is 0 Å². The van der Waals surface area contributed by atoms with E-state index in [9.17, 15) is 0 Å². The normalized spacial score (nSPS) is 26.2. The Morgan fingerprint density at radius 1 is 1.15 bits per heavy atom. The zero-order valence-corrected chi connectivity index (χ0v) is 15.7. The molecule has 2 aromatic rings. The number of benzene rings is 1. The van der Waals surface area contributed by atoms with Gasteiger partial charge in [0.2, 0.25) is 0 Å². The van der Waals surface area contributed by atoms with Crippen molar-refractivity contribution in [2.24, 2.45) is 0 Å². The Morgan fingerprint density at radius 3 is 2.81 bits per heavy atom. The lowest BCUT2D eigenvalue weighted by atomic mass is 9.89. The monoisotopic (exact) mass is 358 g/mol. The van der Waals surface area contributed by atoms with Gasteiger partial charge < -0.3 is 19.2 Å². The van der Waals surface area contributed by atoms with Crippen molar-refractivity contribution in [3.63, 3.8) is 0 Å². The minimum absolute atomic E-state index is 0.106. The minimum Gasteiger partial charge on any atom is -0.464 e. The molecule has 0 spiro atoms. The molecule has 0 radical (unpaired) electrons. The van der Waals surface area contributed by atoms with Gasteiger partial charge in [0.1, 0.15) is 5.58 Å². The van der Waals surface area contributed by atoms with Gasteiger partial charge in [-0.25, -0.2) is 0 Å². The third-order valence-corrected chi connectivity index (χ3v) is 5.85. The lowest BCUT2D eigenvalue weighted by Gasteiger charge is -2.48. The summed E-state index contributed by atoms with van der Waals surface area (Å²) in [5, 5.41) is 5.02. The molecule has 1 aromatic carbocycles. The van der Waals surface area contributed by atoms with Crippen LogP contribution in [0.25, 0.3) is 11.0 Å². The molecule has 0 amide bonds. The molecule has 5 heteroatoms. The summed E-state index contributed by atoms with van der Waals surface area (Å²) in [5.74, 6) is 0. The molecule has 2 aliphatic heterocycles. The summed E-state index contributed by atoms with van der Waals surface area (Å²) in [4.78, 5) is 2.59. The first-order chi connectivity index (χ1) is 12.8. The molecule has 26 heavy (non-hydrogen) atoms. The van der Waals surface area contributed by atoms with E-state index in [-0.39, 0.29) is 5.54 Å². The number of hydrogen-bond donors (Lipinski definition) is 1. The molecule has 2 atom stereocenters. The standard InChI is InChI=1S/C21H30N2O3/c1-17(13-18-14-26-20-6-3-2-5-19(18)20)22-15-21(7-4-10-25-16-21)23-8-11-24-12-9-23/h2-3,5-6,14,17,22H,4,7-13,15-16H2,1H3. The van der Waals surface area contributed by atoms with E-state index in [1.807, 2.05) is 18.4 Å². The van der Waals surface area contributed by atoms with Crippen LogP contribution in [-0.4, -0.2) is 62.5 Å². The van der Waals surface area contributed by atoms with Crippen LogP contribution in [0.15, 0.2) is 34.9 Å². The van der Waals surface area contributed by atoms with Crippen molar-refractivity contribution < 1.29 is 13.9 Å². The fourth-order valence-electron chi connectivity index (χ4n) is 4.33. The molecule has 0 bridgehead atoms. The zero-order chi connectivity index (χ0) is 17.8. The summed E-state index contributed by atoms with van der Waals surface area (Å²) < 4.78 is 17.1. The third kappa shape index (κ3) is 3.81. The van der Waals surface area contributed by atoms with Gasteiger partial charge >= 0.3 is 0 Å². The SMILES string of the molecule is CC(Cc1coc2ccccc12)NCC1(N2CCOCC2)CCCOC1. The van der Waals surface area contributed by atoms with Gasteiger partial charge in [-0.2, -0.15) is 0 Å². The number of hydrogen-bond acceptors (Lipinski definition) is 5. The highest BCUT2D eigenvalue weighted by molar-refractivity contribution is 5.80. The van der Waals surface area contributed by atoms with Gasteiger partial charge in [-0.1, -0.05) is 18.2 Å². The summed E-state index contributed by atoms with van der Waals surface area (Å²) in [6, 6.07) is 8.66. The predicted molar refractivity (Wildman–Crippen MR) is 103 cm³/mol. The summed E-state index contributed by atoms with van der Waals surface area (Å²) >= 11 is 0. The van der Waals surface area contributed by atoms with E-state index in [2.05, 4.69) is 29.3 Å². The fourth-order valence-corrected chi connectivity index (χ4v) is 4.33. The molecule has 1 N–H and O–H groups in total. The first kappa shape index (κ1) is 18.0. The average Bonchev–Trinajstić information content (AvgIpc) is 3.11. The van der Waals surface area contributed by atoms with Crippen LogP contribution in [0.2, 0.25) is 0 Å². The summed E-state index contributed by atoms with van der Waals surface area (Å²) in [7, 11) is 0. The highest BCUT2D eigenvalue weighted by Crippen LogP contribution is 2.27. The van der Waals surface area contributed by atoms with Gasteiger partial charge in [-0.05, 0) is 37.8 Å². The third-order valence-electron chi connectivity index (χ3n) is 5.85. The molecule has 2 fully saturated rings. The van der Waals surface area contributed by atoms with Crippen LogP contribution in [0.5, 0.6) is 0 Å². The summed E-state index contributed by atoms with van der Waals surface area (Å²) in [6.07, 6.45) is 5.21. The maximum atomic E-state index is 5.90. The lowest BCUT2D eigenvalue weighted by molar-refractivity contribution is -0.0856. The van der Waals surface area contributed by atoms with Crippen LogP contribution < -0.4 is 5.32 Å². The predicted octanol–water partition coefficient (Wildman–Crippen LogP) is 2.83. The Kier molecular flexibility index (Phi) is 5.60. The van der Waals surface area contributed by atoms with E-state index in [1.54, 1.807) is 0 Å². The van der Waals surface area contributed by atoms with Gasteiger partial charge in [-0.3, -0.25) is 4.90 Å². The van der Waals surface area contributed by atoms with E-state index < -0.39 is 0 Å². The van der Waals surface area contributed by atoms with Gasteiger partial charge in [0.15, 0.2) is 0 Å². The quantitative estimate of drug-likeness (QED) is 0.860. The summed E-state index contributed by atoms with van der Waals surface area (Å²) in [6.45, 7) is 8.61. The molecule has 5 nitrogen and oxygen atoms in total. The van der Waals surface area contributed by atoms with Crippen LogP contribution in [0.1, 0.15) is 25.3 Å². The first-order valence-electron chi connectivity index (χ1n) is 9.86. The fraction of sp³-hybridized carbons (Fsp3) is 0.619. The van der Waals surface area contributed by atoms with Crippen molar-refractivity contribution in [2.75, 3.05) is 46.1 Å². The molecule has 1 aromatic heterocycles. The Morgan fingerprint density at radius 2 is 2.00 bits per heavy atom. The molecule has 0 saturated carbocycles. The first-order valence-corrected chi connectivity index (χ1v) is 9.86. The number of ether oxygens (including phenoxy) is 2. The maximum Gasteiger partial charge on any atom is 0.134 e. The number of nitrogens with one attached hydrogen (secondary N) is 1. The molecule has 4 rings (SSSR count). The van der Waals surface area contributed by atoms with E-state index >= 15 is 0 Å². The van der Waals surface area contributed by atoms with Crippen molar-refractivity contribution in [3.8, 4) is 0 Å². The average molecular weight is 358 g/mol. The number of rotatable bonds is 6. The second-order valence-electron chi connectivity index (χ2n) is 7.72. The number of furan rings is 1. The van der Waals surface area contributed by atoms with Gasteiger partial charge in [0.05, 0.1) is 31.6 Å². The number of fused-ring (bicyclic) bond motifs is 1. The molecule has 142 valence electrons. The summed E-state index contributed by atoms with van der Waals surface area (Å²) in [5.41, 5.74) is 2.36. The molecule has 3 heterocycles. The van der Waals surface area contributed by atoms with E-state index in [4.69, 9.17) is 13.9 Å². The zero-order valence-electron chi connectivity index (χ0n) is 15.7. The Balaban J connectivity index is 1.40. The highest BCUT2D eigenvalue weighted by Gasteiger charge is 2.39. The second-order valence-corrected chi connectivity index (χ2v) is 7.72. The van der Waals surface area contributed by atoms with E-state index in [1.165, 1.54) is 17.4 Å². The highest BCUT2D eigenvalue weighted by atomic mass is 16.5. The van der Waals surface area contributed by atoms with E-state index in [0.717, 1.165) is 64.5 Å². The minimum atomic E-state index is 0.106. The molecule has 2 aliphatic rings. The maximum absolute atomic E-state index is 5.90. The second kappa shape index (κ2) is 8.09. The van der Waals surface area contributed by atoms with Gasteiger partial charge in [-0.15, -0.1) is 0 Å². The Hall–Kier alpha value is -1.40. The number of morpholine rings is 1. The van der Waals surface area contributed by atoms with E-state index in [0.29, 0.717) is 6.04 Å². The number of para-hydroxylation sites is 1. The van der Waals surface area contributed by atoms with Crippen LogP contribution in [-0.2, 0) is 15.9 Å². The Bertz CT molecular complexity index is 702. The molecular weight excluding hydrogens is 328 g/mol. The largest absolute Gasteiger partial charge is 0.464 e. The van der Waals surface area contributed by atoms with Crippen molar-refractivity contribution in [1.29, 1.82) is 0 Å².